The fraction of sp³-hybridized carbons (Fsp3) is 0.588. The number of aryl methyl sites for hydroxylation is 2. The molecule has 0 bridgehead atoms. The average molecular weight is 275 g/mol. The summed E-state index contributed by atoms with van der Waals surface area (Å²) < 4.78 is 0. The first kappa shape index (κ1) is 15.0. The van der Waals surface area contributed by atoms with Crippen molar-refractivity contribution < 1.29 is 9.90 Å². The first-order valence-corrected chi connectivity index (χ1v) is 7.65. The van der Waals surface area contributed by atoms with Gasteiger partial charge in [0.05, 0.1) is 6.10 Å². The van der Waals surface area contributed by atoms with Gasteiger partial charge in [-0.05, 0) is 31.7 Å². The van der Waals surface area contributed by atoms with E-state index in [2.05, 4.69) is 30.4 Å². The maximum Gasteiger partial charge on any atom is 0.220 e. The van der Waals surface area contributed by atoms with E-state index in [1.807, 2.05) is 6.07 Å². The first-order valence-electron chi connectivity index (χ1n) is 7.65. The van der Waals surface area contributed by atoms with Crippen molar-refractivity contribution in [2.24, 2.45) is 5.92 Å². The maximum absolute atomic E-state index is 11.9. The molecule has 1 saturated carbocycles. The van der Waals surface area contributed by atoms with Gasteiger partial charge in [0.2, 0.25) is 5.91 Å². The molecule has 1 aliphatic carbocycles. The van der Waals surface area contributed by atoms with Crippen LogP contribution in [-0.4, -0.2) is 23.7 Å². The van der Waals surface area contributed by atoms with Crippen LogP contribution in [-0.2, 0) is 11.2 Å². The van der Waals surface area contributed by atoms with E-state index in [-0.39, 0.29) is 17.9 Å². The van der Waals surface area contributed by atoms with Crippen LogP contribution in [0.5, 0.6) is 0 Å². The number of rotatable bonds is 5. The molecule has 2 atom stereocenters. The molecule has 2 N–H and O–H groups in total. The topological polar surface area (TPSA) is 49.3 Å². The van der Waals surface area contributed by atoms with Crippen LogP contribution in [0.15, 0.2) is 24.3 Å². The summed E-state index contributed by atoms with van der Waals surface area (Å²) in [5, 5.41) is 12.8. The summed E-state index contributed by atoms with van der Waals surface area (Å²) in [6.07, 6.45) is 5.25. The molecule has 110 valence electrons. The Kier molecular flexibility index (Phi) is 5.60. The van der Waals surface area contributed by atoms with E-state index in [0.29, 0.717) is 13.0 Å². The lowest BCUT2D eigenvalue weighted by Gasteiger charge is -2.27. The molecule has 2 unspecified atom stereocenters. The molecule has 0 spiro atoms. The van der Waals surface area contributed by atoms with Crippen molar-refractivity contribution in [3.8, 4) is 0 Å². The average Bonchev–Trinajstić information content (AvgIpc) is 2.44. The summed E-state index contributed by atoms with van der Waals surface area (Å²) in [5.74, 6) is 0.330. The van der Waals surface area contributed by atoms with Crippen molar-refractivity contribution in [3.63, 3.8) is 0 Å². The molecule has 1 aromatic carbocycles. The van der Waals surface area contributed by atoms with Gasteiger partial charge in [0, 0.05) is 18.9 Å². The van der Waals surface area contributed by atoms with E-state index < -0.39 is 0 Å². The Morgan fingerprint density at radius 3 is 2.90 bits per heavy atom. The minimum Gasteiger partial charge on any atom is -0.393 e. The summed E-state index contributed by atoms with van der Waals surface area (Å²) >= 11 is 0. The zero-order valence-corrected chi connectivity index (χ0v) is 12.3. The Morgan fingerprint density at radius 2 is 2.15 bits per heavy atom. The molecule has 1 amide bonds. The number of nitrogens with one attached hydrogen (secondary N) is 1. The van der Waals surface area contributed by atoms with E-state index in [1.165, 1.54) is 17.5 Å². The normalized spacial score (nSPS) is 22.5. The number of hydrogen-bond acceptors (Lipinski definition) is 2. The molecular weight excluding hydrogens is 250 g/mol. The number of carbonyl (C=O) groups excluding carboxylic acids is 1. The van der Waals surface area contributed by atoms with Gasteiger partial charge in [-0.3, -0.25) is 4.79 Å². The first-order chi connectivity index (χ1) is 9.65. The highest BCUT2D eigenvalue weighted by Gasteiger charge is 2.23. The molecule has 0 heterocycles. The number of aliphatic hydroxyl groups excluding tert-OH is 1. The monoisotopic (exact) mass is 275 g/mol. The van der Waals surface area contributed by atoms with Crippen LogP contribution in [0.4, 0.5) is 0 Å². The maximum atomic E-state index is 11.9. The van der Waals surface area contributed by atoms with Gasteiger partial charge in [-0.1, -0.05) is 42.7 Å². The zero-order valence-electron chi connectivity index (χ0n) is 12.3. The zero-order chi connectivity index (χ0) is 14.4. The van der Waals surface area contributed by atoms with E-state index in [9.17, 15) is 9.90 Å². The minimum atomic E-state index is -0.235. The molecule has 3 heteroatoms. The number of amides is 1. The minimum absolute atomic E-state index is 0.0873. The second-order valence-electron chi connectivity index (χ2n) is 5.91. The van der Waals surface area contributed by atoms with Gasteiger partial charge in [0.25, 0.3) is 0 Å². The lowest BCUT2D eigenvalue weighted by Crippen LogP contribution is -2.36. The van der Waals surface area contributed by atoms with Crippen molar-refractivity contribution in [1.82, 2.24) is 5.32 Å². The van der Waals surface area contributed by atoms with E-state index in [0.717, 1.165) is 25.7 Å². The fourth-order valence-electron chi connectivity index (χ4n) is 2.89. The predicted molar refractivity (Wildman–Crippen MR) is 80.5 cm³/mol. The van der Waals surface area contributed by atoms with Gasteiger partial charge in [-0.2, -0.15) is 0 Å². The highest BCUT2D eigenvalue weighted by atomic mass is 16.3. The van der Waals surface area contributed by atoms with Crippen LogP contribution in [0.3, 0.4) is 0 Å². The Balaban J connectivity index is 1.70. The van der Waals surface area contributed by atoms with Crippen molar-refractivity contribution >= 4 is 5.91 Å². The Morgan fingerprint density at radius 1 is 1.35 bits per heavy atom. The van der Waals surface area contributed by atoms with Gasteiger partial charge < -0.3 is 10.4 Å². The van der Waals surface area contributed by atoms with Crippen LogP contribution in [0.1, 0.15) is 43.2 Å². The smallest absolute Gasteiger partial charge is 0.220 e. The molecule has 0 saturated heterocycles. The van der Waals surface area contributed by atoms with E-state index in [4.69, 9.17) is 0 Å². The van der Waals surface area contributed by atoms with Gasteiger partial charge >= 0.3 is 0 Å². The van der Waals surface area contributed by atoms with Crippen LogP contribution in [0.25, 0.3) is 0 Å². The Bertz CT molecular complexity index is 444. The third kappa shape index (κ3) is 4.64. The van der Waals surface area contributed by atoms with Crippen molar-refractivity contribution in [3.05, 3.63) is 35.4 Å². The van der Waals surface area contributed by atoms with Crippen LogP contribution < -0.4 is 5.32 Å². The number of aliphatic hydroxyl groups is 1. The molecule has 0 aliphatic heterocycles. The highest BCUT2D eigenvalue weighted by Crippen LogP contribution is 2.23. The molecule has 0 radical (unpaired) electrons. The Hall–Kier alpha value is -1.35. The van der Waals surface area contributed by atoms with Crippen LogP contribution in [0.2, 0.25) is 0 Å². The van der Waals surface area contributed by atoms with Crippen molar-refractivity contribution in [2.75, 3.05) is 6.54 Å². The summed E-state index contributed by atoms with van der Waals surface area (Å²) in [5.41, 5.74) is 2.44. The van der Waals surface area contributed by atoms with Gasteiger partial charge in [-0.15, -0.1) is 0 Å². The lowest BCUT2D eigenvalue weighted by molar-refractivity contribution is -0.121. The van der Waals surface area contributed by atoms with Gasteiger partial charge in [0.15, 0.2) is 0 Å². The number of hydrogen-bond donors (Lipinski definition) is 2. The number of carbonyl (C=O) groups is 1. The molecule has 1 aromatic rings. The second-order valence-corrected chi connectivity index (χ2v) is 5.91. The van der Waals surface area contributed by atoms with E-state index in [1.54, 1.807) is 0 Å². The third-order valence-corrected chi connectivity index (χ3v) is 4.15. The SMILES string of the molecule is Cc1cccc(CCC(=O)NCC2CCCCC2O)c1. The summed E-state index contributed by atoms with van der Waals surface area (Å²) in [4.78, 5) is 11.9. The molecular formula is C17H25NO2. The summed E-state index contributed by atoms with van der Waals surface area (Å²) in [6, 6.07) is 8.28. The van der Waals surface area contributed by atoms with Crippen molar-refractivity contribution in [1.29, 1.82) is 0 Å². The molecule has 0 aromatic heterocycles. The highest BCUT2D eigenvalue weighted by molar-refractivity contribution is 5.76. The van der Waals surface area contributed by atoms with E-state index >= 15 is 0 Å². The predicted octanol–water partition coefficient (Wildman–Crippen LogP) is 2.59. The molecule has 1 fully saturated rings. The second kappa shape index (κ2) is 7.44. The van der Waals surface area contributed by atoms with Crippen molar-refractivity contribution in [2.45, 2.75) is 51.6 Å². The molecule has 3 nitrogen and oxygen atoms in total. The molecule has 20 heavy (non-hydrogen) atoms. The fourth-order valence-corrected chi connectivity index (χ4v) is 2.89. The molecule has 2 rings (SSSR count). The summed E-state index contributed by atoms with van der Waals surface area (Å²) in [7, 11) is 0. The standard InChI is InChI=1S/C17H25NO2/c1-13-5-4-6-14(11-13)9-10-17(20)18-12-15-7-2-3-8-16(15)19/h4-6,11,15-16,19H,2-3,7-10,12H2,1H3,(H,18,20). The summed E-state index contributed by atoms with van der Waals surface area (Å²) in [6.45, 7) is 2.68. The third-order valence-electron chi connectivity index (χ3n) is 4.15. The van der Waals surface area contributed by atoms with Crippen LogP contribution >= 0.6 is 0 Å². The molecule has 1 aliphatic rings. The van der Waals surface area contributed by atoms with Gasteiger partial charge in [-0.25, -0.2) is 0 Å². The largest absolute Gasteiger partial charge is 0.393 e. The lowest BCUT2D eigenvalue weighted by atomic mass is 9.86. The Labute approximate surface area is 121 Å². The number of benzene rings is 1. The van der Waals surface area contributed by atoms with Crippen LogP contribution in [0, 0.1) is 12.8 Å². The van der Waals surface area contributed by atoms with Gasteiger partial charge in [0.1, 0.15) is 0 Å². The quantitative estimate of drug-likeness (QED) is 0.868.